The van der Waals surface area contributed by atoms with E-state index in [1.165, 1.54) is 42.4 Å². The summed E-state index contributed by atoms with van der Waals surface area (Å²) in [5, 5.41) is 0. The zero-order valence-corrected chi connectivity index (χ0v) is 18.0. The summed E-state index contributed by atoms with van der Waals surface area (Å²) in [6.45, 7) is 11.1. The molecule has 0 N–H and O–H groups in total. The summed E-state index contributed by atoms with van der Waals surface area (Å²) in [6, 6.07) is 6.70. The first-order valence-corrected chi connectivity index (χ1v) is 10.8. The van der Waals surface area contributed by atoms with E-state index in [-0.39, 0.29) is 5.41 Å². The molecule has 0 saturated carbocycles. The molecule has 1 aliphatic rings. The Labute approximate surface area is 170 Å². The van der Waals surface area contributed by atoms with Gasteiger partial charge in [-0.05, 0) is 44.2 Å². The van der Waals surface area contributed by atoms with Crippen LogP contribution in [0, 0.1) is 19.3 Å². The van der Waals surface area contributed by atoms with Crippen molar-refractivity contribution in [1.29, 1.82) is 0 Å². The fourth-order valence-electron chi connectivity index (χ4n) is 4.55. The number of aryl methyl sites for hydroxylation is 3. The van der Waals surface area contributed by atoms with Crippen molar-refractivity contribution in [2.45, 2.75) is 78.6 Å². The Morgan fingerprint density at radius 2 is 1.75 bits per heavy atom. The molecule has 0 unspecified atom stereocenters. The van der Waals surface area contributed by atoms with E-state index in [0.29, 0.717) is 6.54 Å². The van der Waals surface area contributed by atoms with Gasteiger partial charge in [0.15, 0.2) is 5.79 Å². The monoisotopic (exact) mass is 384 g/mol. The number of benzene rings is 1. The molecule has 2 aromatic rings. The van der Waals surface area contributed by atoms with Gasteiger partial charge in [0.25, 0.3) is 0 Å². The standard InChI is InChI=1S/C24H36N2O2/c1-5-10-23(11-6-2)17-27-24(28-18-23,16-26-14-13-25-19-26)12-9-22-8-7-20(3)15-21(22)4/h7-8,13-15,19H,5-6,9-12,16-18H2,1-4H3. The van der Waals surface area contributed by atoms with Crippen LogP contribution >= 0.6 is 0 Å². The lowest BCUT2D eigenvalue weighted by molar-refractivity contribution is -0.314. The molecule has 1 fully saturated rings. The first-order chi connectivity index (χ1) is 13.5. The van der Waals surface area contributed by atoms with E-state index in [0.717, 1.165) is 26.1 Å². The van der Waals surface area contributed by atoms with Crippen LogP contribution in [0.4, 0.5) is 0 Å². The van der Waals surface area contributed by atoms with E-state index >= 15 is 0 Å². The lowest BCUT2D eigenvalue weighted by atomic mass is 9.79. The smallest absolute Gasteiger partial charge is 0.186 e. The molecule has 0 radical (unpaired) electrons. The third-order valence-corrected chi connectivity index (χ3v) is 6.10. The number of hydrogen-bond donors (Lipinski definition) is 0. The first kappa shape index (κ1) is 21.1. The summed E-state index contributed by atoms with van der Waals surface area (Å²) in [7, 11) is 0. The van der Waals surface area contributed by atoms with Gasteiger partial charge in [0, 0.05) is 24.2 Å². The molecule has 0 spiro atoms. The predicted octanol–water partition coefficient (Wildman–Crippen LogP) is 5.46. The van der Waals surface area contributed by atoms with E-state index in [1.807, 2.05) is 18.7 Å². The summed E-state index contributed by atoms with van der Waals surface area (Å²) in [6.07, 6.45) is 12.1. The second kappa shape index (κ2) is 9.23. The average molecular weight is 385 g/mol. The Morgan fingerprint density at radius 3 is 2.32 bits per heavy atom. The summed E-state index contributed by atoms with van der Waals surface area (Å²) < 4.78 is 15.2. The zero-order chi connectivity index (χ0) is 20.0. The van der Waals surface area contributed by atoms with Crippen LogP contribution in [-0.2, 0) is 22.4 Å². The zero-order valence-electron chi connectivity index (χ0n) is 18.0. The number of ether oxygens (including phenoxy) is 2. The van der Waals surface area contributed by atoms with Crippen LogP contribution in [0.1, 0.15) is 62.6 Å². The van der Waals surface area contributed by atoms with E-state index in [9.17, 15) is 0 Å². The Hall–Kier alpha value is -1.65. The van der Waals surface area contributed by atoms with Gasteiger partial charge >= 0.3 is 0 Å². The highest BCUT2D eigenvalue weighted by Gasteiger charge is 2.44. The highest BCUT2D eigenvalue weighted by Crippen LogP contribution is 2.40. The van der Waals surface area contributed by atoms with Crippen molar-refractivity contribution in [3.63, 3.8) is 0 Å². The number of hydrogen-bond acceptors (Lipinski definition) is 3. The van der Waals surface area contributed by atoms with Crippen LogP contribution in [0.2, 0.25) is 0 Å². The van der Waals surface area contributed by atoms with E-state index in [1.54, 1.807) is 0 Å². The number of rotatable bonds is 9. The molecule has 3 rings (SSSR count). The van der Waals surface area contributed by atoms with Gasteiger partial charge in [0.2, 0.25) is 0 Å². The van der Waals surface area contributed by atoms with Gasteiger partial charge < -0.3 is 14.0 Å². The number of imidazole rings is 1. The maximum absolute atomic E-state index is 6.57. The molecule has 0 bridgehead atoms. The largest absolute Gasteiger partial charge is 0.347 e. The summed E-state index contributed by atoms with van der Waals surface area (Å²) in [5.74, 6) is -0.580. The predicted molar refractivity (Wildman–Crippen MR) is 113 cm³/mol. The molecule has 0 aliphatic carbocycles. The van der Waals surface area contributed by atoms with Crippen molar-refractivity contribution >= 4 is 0 Å². The quantitative estimate of drug-likeness (QED) is 0.576. The van der Waals surface area contributed by atoms with Crippen LogP contribution in [-0.4, -0.2) is 28.6 Å². The third-order valence-electron chi connectivity index (χ3n) is 6.10. The van der Waals surface area contributed by atoms with E-state index in [2.05, 4.69) is 55.4 Å². The van der Waals surface area contributed by atoms with Crippen LogP contribution in [0.15, 0.2) is 36.9 Å². The summed E-state index contributed by atoms with van der Waals surface area (Å²) in [5.41, 5.74) is 4.20. The molecule has 1 aromatic heterocycles. The highest BCUT2D eigenvalue weighted by molar-refractivity contribution is 5.30. The van der Waals surface area contributed by atoms with Crippen LogP contribution in [0.3, 0.4) is 0 Å². The molecule has 0 amide bonds. The topological polar surface area (TPSA) is 36.3 Å². The van der Waals surface area contributed by atoms with Crippen molar-refractivity contribution in [2.75, 3.05) is 13.2 Å². The highest BCUT2D eigenvalue weighted by atomic mass is 16.7. The molecule has 1 aromatic carbocycles. The normalized spacial score (nSPS) is 18.3. The van der Waals surface area contributed by atoms with Crippen molar-refractivity contribution < 1.29 is 9.47 Å². The maximum atomic E-state index is 6.57. The molecule has 1 saturated heterocycles. The Kier molecular flexibility index (Phi) is 6.95. The van der Waals surface area contributed by atoms with Crippen LogP contribution in [0.5, 0.6) is 0 Å². The van der Waals surface area contributed by atoms with Crippen LogP contribution in [0.25, 0.3) is 0 Å². The van der Waals surface area contributed by atoms with Gasteiger partial charge in [0.1, 0.15) is 0 Å². The SMILES string of the molecule is CCCC1(CCC)COC(CCc2ccc(C)cc2C)(Cn2ccnc2)OC1. The van der Waals surface area contributed by atoms with Gasteiger partial charge in [0.05, 0.1) is 26.1 Å². The third kappa shape index (κ3) is 5.03. The minimum atomic E-state index is -0.580. The lowest BCUT2D eigenvalue weighted by Gasteiger charge is -2.47. The van der Waals surface area contributed by atoms with Gasteiger partial charge in [-0.2, -0.15) is 0 Å². The molecular weight excluding hydrogens is 348 g/mol. The maximum Gasteiger partial charge on any atom is 0.186 e. The Morgan fingerprint density at radius 1 is 1.04 bits per heavy atom. The van der Waals surface area contributed by atoms with E-state index in [4.69, 9.17) is 9.47 Å². The lowest BCUT2D eigenvalue weighted by Crippen LogP contribution is -2.52. The van der Waals surface area contributed by atoms with Crippen molar-refractivity contribution in [3.8, 4) is 0 Å². The molecule has 1 aliphatic heterocycles. The summed E-state index contributed by atoms with van der Waals surface area (Å²) >= 11 is 0. The first-order valence-electron chi connectivity index (χ1n) is 10.8. The number of nitrogens with zero attached hydrogens (tertiary/aromatic N) is 2. The molecule has 4 nitrogen and oxygen atoms in total. The Balaban J connectivity index is 1.75. The molecular formula is C24H36N2O2. The second-order valence-corrected chi connectivity index (χ2v) is 8.65. The molecule has 4 heteroatoms. The van der Waals surface area contributed by atoms with Crippen LogP contribution < -0.4 is 0 Å². The van der Waals surface area contributed by atoms with Gasteiger partial charge in [-0.25, -0.2) is 4.98 Å². The van der Waals surface area contributed by atoms with Crippen molar-refractivity contribution in [3.05, 3.63) is 53.6 Å². The van der Waals surface area contributed by atoms with E-state index < -0.39 is 5.79 Å². The fraction of sp³-hybridized carbons (Fsp3) is 0.625. The van der Waals surface area contributed by atoms with Gasteiger partial charge in [-0.3, -0.25) is 0 Å². The summed E-state index contributed by atoms with van der Waals surface area (Å²) in [4.78, 5) is 4.20. The molecule has 154 valence electrons. The minimum Gasteiger partial charge on any atom is -0.347 e. The van der Waals surface area contributed by atoms with Crippen molar-refractivity contribution in [2.24, 2.45) is 5.41 Å². The minimum absolute atomic E-state index is 0.168. The Bertz CT molecular complexity index is 723. The fourth-order valence-corrected chi connectivity index (χ4v) is 4.55. The molecule has 28 heavy (non-hydrogen) atoms. The van der Waals surface area contributed by atoms with Crippen molar-refractivity contribution in [1.82, 2.24) is 9.55 Å². The van der Waals surface area contributed by atoms with Gasteiger partial charge in [-0.15, -0.1) is 0 Å². The second-order valence-electron chi connectivity index (χ2n) is 8.65. The average Bonchev–Trinajstić information content (AvgIpc) is 3.17. The molecule has 0 atom stereocenters. The number of aromatic nitrogens is 2. The van der Waals surface area contributed by atoms with Gasteiger partial charge in [-0.1, -0.05) is 50.5 Å². The molecule has 2 heterocycles.